The van der Waals surface area contributed by atoms with Crippen LogP contribution in [0.3, 0.4) is 0 Å². The SMILES string of the molecule is C1CCOC1.CCCCCCCCc1[nH]c2ccccc2c(=O)c1C.CCCCCCCCc1nc2ccccc2c(OCC(C)=O)c1C. The van der Waals surface area contributed by atoms with Crippen molar-refractivity contribution in [1.29, 1.82) is 0 Å². The first kappa shape index (κ1) is 39.9. The van der Waals surface area contributed by atoms with Crippen molar-refractivity contribution in [2.45, 2.75) is 137 Å². The Labute approximate surface area is 295 Å². The first-order valence-electron chi connectivity index (χ1n) is 19.1. The Morgan fingerprint density at radius 1 is 0.755 bits per heavy atom. The molecule has 1 N–H and O–H groups in total. The second-order valence-electron chi connectivity index (χ2n) is 13.5. The Kier molecular flexibility index (Phi) is 18.7. The highest BCUT2D eigenvalue weighted by Gasteiger charge is 2.13. The molecule has 1 aliphatic rings. The van der Waals surface area contributed by atoms with Gasteiger partial charge in [0, 0.05) is 52.0 Å². The number of ketones is 1. The fourth-order valence-electron chi connectivity index (χ4n) is 6.23. The van der Waals surface area contributed by atoms with E-state index in [2.05, 4.69) is 25.8 Å². The van der Waals surface area contributed by atoms with E-state index in [1.54, 1.807) is 6.92 Å². The average Bonchev–Trinajstić information content (AvgIpc) is 3.71. The average molecular weight is 671 g/mol. The number of carbonyl (C=O) groups is 1. The summed E-state index contributed by atoms with van der Waals surface area (Å²) in [6.45, 7) is 12.1. The molecular weight excluding hydrogens is 608 g/mol. The molecule has 1 fully saturated rings. The van der Waals surface area contributed by atoms with Crippen LogP contribution in [0.25, 0.3) is 21.8 Å². The minimum Gasteiger partial charge on any atom is -0.485 e. The van der Waals surface area contributed by atoms with Gasteiger partial charge in [-0.25, -0.2) is 0 Å². The van der Waals surface area contributed by atoms with Crippen LogP contribution < -0.4 is 10.2 Å². The van der Waals surface area contributed by atoms with E-state index in [-0.39, 0.29) is 17.8 Å². The number of para-hydroxylation sites is 2. The number of aryl methyl sites for hydroxylation is 2. The highest BCUT2D eigenvalue weighted by atomic mass is 16.5. The number of Topliss-reactive ketones (excluding diaryl/α,β-unsaturated/α-hetero) is 1. The lowest BCUT2D eigenvalue weighted by molar-refractivity contribution is -0.118. The minimum atomic E-state index is 0.0350. The molecule has 0 saturated carbocycles. The molecule has 2 aromatic carbocycles. The first-order chi connectivity index (χ1) is 23.9. The van der Waals surface area contributed by atoms with Crippen LogP contribution >= 0.6 is 0 Å². The zero-order valence-electron chi connectivity index (χ0n) is 31.1. The van der Waals surface area contributed by atoms with Gasteiger partial charge in [-0.1, -0.05) is 102 Å². The molecule has 2 aromatic heterocycles. The van der Waals surface area contributed by atoms with Crippen LogP contribution in [-0.4, -0.2) is 35.6 Å². The molecular formula is C43H62N2O4. The third-order valence-electron chi connectivity index (χ3n) is 9.22. The predicted octanol–water partition coefficient (Wildman–Crippen LogP) is 11.0. The molecule has 1 aliphatic heterocycles. The number of rotatable bonds is 17. The number of hydrogen-bond acceptors (Lipinski definition) is 5. The molecule has 3 heterocycles. The number of hydrogen-bond donors (Lipinski definition) is 1. The summed E-state index contributed by atoms with van der Waals surface area (Å²) in [7, 11) is 0. The first-order valence-corrected chi connectivity index (χ1v) is 19.1. The van der Waals surface area contributed by atoms with E-state index >= 15 is 0 Å². The Balaban J connectivity index is 0.000000234. The number of benzene rings is 2. The van der Waals surface area contributed by atoms with Crippen LogP contribution in [0.4, 0.5) is 0 Å². The number of carbonyl (C=O) groups excluding carboxylic acids is 1. The maximum atomic E-state index is 12.3. The summed E-state index contributed by atoms with van der Waals surface area (Å²) >= 11 is 0. The minimum absolute atomic E-state index is 0.0350. The number of H-pyrrole nitrogens is 1. The molecule has 0 spiro atoms. The standard InChI is InChI=1S/C21H29NO2.C18H25NO.C4H8O/c1-4-5-6-7-8-9-13-19-17(3)21(24-15-16(2)23)18-12-10-11-14-20(18)22-19;1-3-4-5-6-7-8-12-16-14(2)18(20)15-11-9-10-13-17(15)19-16;1-2-4-5-3-1/h10-12,14H,4-9,13,15H2,1-3H3;9-11,13H,3-8,12H2,1-2H3,(H,19,20);1-4H2. The molecule has 0 amide bonds. The number of unbranched alkanes of at least 4 members (excludes halogenated alkanes) is 10. The van der Waals surface area contributed by atoms with Gasteiger partial charge in [0.25, 0.3) is 0 Å². The number of ether oxygens (including phenoxy) is 2. The molecule has 6 heteroatoms. The van der Waals surface area contributed by atoms with Crippen molar-refractivity contribution in [3.63, 3.8) is 0 Å². The molecule has 4 aromatic rings. The van der Waals surface area contributed by atoms with Crippen molar-refractivity contribution in [1.82, 2.24) is 9.97 Å². The van der Waals surface area contributed by atoms with Gasteiger partial charge >= 0.3 is 0 Å². The van der Waals surface area contributed by atoms with Crippen LogP contribution in [0.2, 0.25) is 0 Å². The van der Waals surface area contributed by atoms with Gasteiger partial charge in [-0.15, -0.1) is 0 Å². The molecule has 0 atom stereocenters. The zero-order valence-corrected chi connectivity index (χ0v) is 31.1. The summed E-state index contributed by atoms with van der Waals surface area (Å²) in [4.78, 5) is 31.9. The summed E-state index contributed by atoms with van der Waals surface area (Å²) in [5.74, 6) is 0.851. The highest BCUT2D eigenvalue weighted by molar-refractivity contribution is 5.87. The molecule has 6 nitrogen and oxygen atoms in total. The Bertz CT molecular complexity index is 1600. The number of nitrogens with one attached hydrogen (secondary N) is 1. The molecule has 0 bridgehead atoms. The van der Waals surface area contributed by atoms with Gasteiger partial charge in [0.2, 0.25) is 0 Å². The quantitative estimate of drug-likeness (QED) is 0.113. The van der Waals surface area contributed by atoms with E-state index in [4.69, 9.17) is 14.5 Å². The van der Waals surface area contributed by atoms with Crippen molar-refractivity contribution >= 4 is 27.6 Å². The van der Waals surface area contributed by atoms with Crippen molar-refractivity contribution in [3.05, 3.63) is 81.3 Å². The lowest BCUT2D eigenvalue weighted by atomic mass is 10.0. The van der Waals surface area contributed by atoms with Crippen LogP contribution in [0.5, 0.6) is 5.75 Å². The number of fused-ring (bicyclic) bond motifs is 2. The smallest absolute Gasteiger partial charge is 0.192 e. The van der Waals surface area contributed by atoms with E-state index in [0.29, 0.717) is 0 Å². The molecule has 1 saturated heterocycles. The van der Waals surface area contributed by atoms with E-state index in [1.807, 2.05) is 55.5 Å². The normalized spacial score (nSPS) is 12.3. The van der Waals surface area contributed by atoms with Gasteiger partial charge in [-0.3, -0.25) is 14.6 Å². The van der Waals surface area contributed by atoms with Crippen molar-refractivity contribution < 1.29 is 14.3 Å². The van der Waals surface area contributed by atoms with Gasteiger partial charge < -0.3 is 14.5 Å². The van der Waals surface area contributed by atoms with Crippen LogP contribution in [0.15, 0.2) is 53.3 Å². The summed E-state index contributed by atoms with van der Waals surface area (Å²) in [5.41, 5.74) is 6.26. The molecule has 49 heavy (non-hydrogen) atoms. The zero-order chi connectivity index (χ0) is 35.3. The number of aromatic nitrogens is 2. The Hall–Kier alpha value is -3.51. The third kappa shape index (κ3) is 13.7. The summed E-state index contributed by atoms with van der Waals surface area (Å²) in [5, 5.41) is 1.79. The molecule has 5 rings (SSSR count). The maximum absolute atomic E-state index is 12.3. The largest absolute Gasteiger partial charge is 0.485 e. The summed E-state index contributed by atoms with van der Waals surface area (Å²) in [6, 6.07) is 15.8. The lowest BCUT2D eigenvalue weighted by Gasteiger charge is -2.15. The lowest BCUT2D eigenvalue weighted by Crippen LogP contribution is -2.11. The number of pyridine rings is 2. The monoisotopic (exact) mass is 670 g/mol. The van der Waals surface area contributed by atoms with Gasteiger partial charge in [0.05, 0.1) is 5.52 Å². The molecule has 268 valence electrons. The summed E-state index contributed by atoms with van der Waals surface area (Å²) in [6.07, 6.45) is 19.8. The number of aromatic amines is 1. The van der Waals surface area contributed by atoms with Gasteiger partial charge in [0.1, 0.15) is 12.4 Å². The van der Waals surface area contributed by atoms with Crippen molar-refractivity contribution in [2.75, 3.05) is 19.8 Å². The molecule has 0 aliphatic carbocycles. The predicted molar refractivity (Wildman–Crippen MR) is 206 cm³/mol. The Morgan fingerprint density at radius 3 is 1.94 bits per heavy atom. The second-order valence-corrected chi connectivity index (χ2v) is 13.5. The van der Waals surface area contributed by atoms with Crippen molar-refractivity contribution in [3.8, 4) is 5.75 Å². The van der Waals surface area contributed by atoms with Gasteiger partial charge in [-0.05, 0) is 83.6 Å². The van der Waals surface area contributed by atoms with E-state index in [0.717, 1.165) is 82.5 Å². The second kappa shape index (κ2) is 23.0. The number of nitrogens with zero attached hydrogens (tertiary/aromatic N) is 1. The molecule has 0 radical (unpaired) electrons. The van der Waals surface area contributed by atoms with E-state index in [1.165, 1.54) is 83.5 Å². The highest BCUT2D eigenvalue weighted by Crippen LogP contribution is 2.31. The van der Waals surface area contributed by atoms with E-state index < -0.39 is 0 Å². The maximum Gasteiger partial charge on any atom is 0.192 e. The van der Waals surface area contributed by atoms with Gasteiger partial charge in [0.15, 0.2) is 11.2 Å². The third-order valence-corrected chi connectivity index (χ3v) is 9.22. The Morgan fingerprint density at radius 2 is 1.33 bits per heavy atom. The molecule has 0 unspecified atom stereocenters. The van der Waals surface area contributed by atoms with E-state index in [9.17, 15) is 9.59 Å². The summed E-state index contributed by atoms with van der Waals surface area (Å²) < 4.78 is 10.8. The van der Waals surface area contributed by atoms with Crippen LogP contribution in [0, 0.1) is 13.8 Å². The fourth-order valence-corrected chi connectivity index (χ4v) is 6.23. The van der Waals surface area contributed by atoms with Crippen LogP contribution in [-0.2, 0) is 22.4 Å². The topological polar surface area (TPSA) is 81.3 Å². The fraction of sp³-hybridized carbons (Fsp3) is 0.558. The van der Waals surface area contributed by atoms with Crippen LogP contribution in [0.1, 0.15) is 133 Å². The van der Waals surface area contributed by atoms with Gasteiger partial charge in [-0.2, -0.15) is 0 Å². The van der Waals surface area contributed by atoms with Crippen molar-refractivity contribution in [2.24, 2.45) is 0 Å².